The molecule has 0 aliphatic rings. The molecule has 0 unspecified atom stereocenters. The summed E-state index contributed by atoms with van der Waals surface area (Å²) in [7, 11) is 0. The number of rotatable bonds is 4. The van der Waals surface area contributed by atoms with Crippen LogP contribution in [-0.2, 0) is 4.79 Å². The fourth-order valence-corrected chi connectivity index (χ4v) is 2.34. The summed E-state index contributed by atoms with van der Waals surface area (Å²) in [5.74, 6) is -1.64. The van der Waals surface area contributed by atoms with E-state index in [-0.39, 0.29) is 21.3 Å². The molecule has 0 spiro atoms. The second kappa shape index (κ2) is 6.31. The quantitative estimate of drug-likeness (QED) is 0.667. The van der Waals surface area contributed by atoms with Gasteiger partial charge in [0.05, 0.1) is 15.5 Å². The lowest BCUT2D eigenvalue weighted by Crippen LogP contribution is -2.12. The number of hydrogen-bond donors (Lipinski definition) is 2. The minimum atomic E-state index is -0.639. The van der Waals surface area contributed by atoms with Crippen molar-refractivity contribution in [3.05, 3.63) is 51.1 Å². The molecule has 0 saturated heterocycles. The summed E-state index contributed by atoms with van der Waals surface area (Å²) in [5, 5.41) is 15.2. The molecule has 2 amide bonds. The third kappa shape index (κ3) is 3.64. The Morgan fingerprint density at radius 2 is 1.95 bits per heavy atom. The van der Waals surface area contributed by atoms with E-state index in [0.717, 1.165) is 17.4 Å². The van der Waals surface area contributed by atoms with Gasteiger partial charge in [0.2, 0.25) is 5.91 Å². The second-order valence-electron chi connectivity index (χ2n) is 4.22. The van der Waals surface area contributed by atoms with E-state index in [1.807, 2.05) is 0 Å². The number of nitro groups is 1. The molecule has 0 fully saturated rings. The average molecular weight is 323 g/mol. The van der Waals surface area contributed by atoms with Crippen molar-refractivity contribution in [1.29, 1.82) is 0 Å². The van der Waals surface area contributed by atoms with E-state index in [1.54, 1.807) is 0 Å². The largest absolute Gasteiger partial charge is 0.324 e. The summed E-state index contributed by atoms with van der Waals surface area (Å²) in [6.45, 7) is 1.23. The first kappa shape index (κ1) is 15.6. The van der Waals surface area contributed by atoms with Crippen molar-refractivity contribution in [2.45, 2.75) is 6.92 Å². The lowest BCUT2D eigenvalue weighted by atomic mass is 10.2. The van der Waals surface area contributed by atoms with Gasteiger partial charge in [-0.05, 0) is 24.3 Å². The molecular formula is C13H10FN3O4S. The lowest BCUT2D eigenvalue weighted by Gasteiger charge is -2.08. The van der Waals surface area contributed by atoms with Crippen LogP contribution in [0.3, 0.4) is 0 Å². The SMILES string of the molecule is CC(=O)Nc1cc(NC(=O)c2ccc([N+](=O)[O-])s2)ccc1F. The highest BCUT2D eigenvalue weighted by molar-refractivity contribution is 7.17. The van der Waals surface area contributed by atoms with Crippen LogP contribution in [0.2, 0.25) is 0 Å². The summed E-state index contributed by atoms with van der Waals surface area (Å²) in [5.41, 5.74) is 0.189. The van der Waals surface area contributed by atoms with Crippen molar-refractivity contribution in [3.8, 4) is 0 Å². The van der Waals surface area contributed by atoms with Gasteiger partial charge in [0, 0.05) is 18.7 Å². The van der Waals surface area contributed by atoms with Crippen LogP contribution in [-0.4, -0.2) is 16.7 Å². The summed E-state index contributed by atoms with van der Waals surface area (Å²) >= 11 is 0.731. The molecule has 22 heavy (non-hydrogen) atoms. The standard InChI is InChI=1S/C13H10FN3O4S/c1-7(18)15-10-6-8(2-3-9(10)14)16-13(19)11-4-5-12(22-11)17(20)21/h2-6H,1H3,(H,15,18)(H,16,19). The van der Waals surface area contributed by atoms with Crippen molar-refractivity contribution in [1.82, 2.24) is 0 Å². The number of hydrogen-bond acceptors (Lipinski definition) is 5. The highest BCUT2D eigenvalue weighted by Crippen LogP contribution is 2.25. The van der Waals surface area contributed by atoms with Gasteiger partial charge >= 0.3 is 5.00 Å². The average Bonchev–Trinajstić information content (AvgIpc) is 2.92. The zero-order chi connectivity index (χ0) is 16.3. The van der Waals surface area contributed by atoms with Crippen molar-refractivity contribution >= 4 is 39.5 Å². The van der Waals surface area contributed by atoms with E-state index in [9.17, 15) is 24.1 Å². The van der Waals surface area contributed by atoms with Crippen LogP contribution in [0.25, 0.3) is 0 Å². The third-order valence-corrected chi connectivity index (χ3v) is 3.57. The van der Waals surface area contributed by atoms with Crippen LogP contribution < -0.4 is 10.6 Å². The molecule has 114 valence electrons. The van der Waals surface area contributed by atoms with Gasteiger partial charge in [-0.2, -0.15) is 0 Å². The molecule has 0 saturated carbocycles. The molecule has 2 rings (SSSR count). The molecule has 0 aliphatic carbocycles. The summed E-state index contributed by atoms with van der Waals surface area (Å²) in [6.07, 6.45) is 0. The fraction of sp³-hybridized carbons (Fsp3) is 0.0769. The van der Waals surface area contributed by atoms with Crippen LogP contribution in [0.5, 0.6) is 0 Å². The van der Waals surface area contributed by atoms with Crippen LogP contribution in [0.15, 0.2) is 30.3 Å². The normalized spacial score (nSPS) is 10.1. The van der Waals surface area contributed by atoms with Crippen molar-refractivity contribution in [2.24, 2.45) is 0 Å². The second-order valence-corrected chi connectivity index (χ2v) is 5.29. The van der Waals surface area contributed by atoms with Crippen LogP contribution in [0, 0.1) is 15.9 Å². The summed E-state index contributed by atoms with van der Waals surface area (Å²) < 4.78 is 13.5. The van der Waals surface area contributed by atoms with Gasteiger partial charge in [-0.1, -0.05) is 11.3 Å². The number of carbonyl (C=O) groups excluding carboxylic acids is 2. The molecule has 0 atom stereocenters. The molecule has 0 radical (unpaired) electrons. The Balaban J connectivity index is 2.17. The number of thiophene rings is 1. The molecular weight excluding hydrogens is 313 g/mol. The predicted molar refractivity (Wildman–Crippen MR) is 79.6 cm³/mol. The maximum Gasteiger partial charge on any atom is 0.324 e. The molecule has 1 aromatic carbocycles. The van der Waals surface area contributed by atoms with Gasteiger partial charge in [0.1, 0.15) is 5.82 Å². The Bertz CT molecular complexity index is 759. The smallest absolute Gasteiger partial charge is 0.324 e. The number of benzene rings is 1. The van der Waals surface area contributed by atoms with Crippen molar-refractivity contribution in [3.63, 3.8) is 0 Å². The number of nitrogens with one attached hydrogen (secondary N) is 2. The van der Waals surface area contributed by atoms with Crippen LogP contribution in [0.4, 0.5) is 20.8 Å². The van der Waals surface area contributed by atoms with Gasteiger partial charge in [0.15, 0.2) is 0 Å². The predicted octanol–water partition coefficient (Wildman–Crippen LogP) is 3.01. The minimum absolute atomic E-state index is 0.0672. The van der Waals surface area contributed by atoms with Crippen LogP contribution in [0.1, 0.15) is 16.6 Å². The molecule has 0 bridgehead atoms. The lowest BCUT2D eigenvalue weighted by molar-refractivity contribution is -0.380. The summed E-state index contributed by atoms with van der Waals surface area (Å²) in [6, 6.07) is 6.23. The fourth-order valence-electron chi connectivity index (χ4n) is 1.63. The Kier molecular flexibility index (Phi) is 4.47. The third-order valence-electron chi connectivity index (χ3n) is 2.53. The number of anilines is 2. The first-order valence-electron chi connectivity index (χ1n) is 5.99. The van der Waals surface area contributed by atoms with Crippen LogP contribution >= 0.6 is 11.3 Å². The van der Waals surface area contributed by atoms with Gasteiger partial charge in [-0.15, -0.1) is 0 Å². The molecule has 0 aliphatic heterocycles. The van der Waals surface area contributed by atoms with Gasteiger partial charge in [-0.25, -0.2) is 4.39 Å². The van der Waals surface area contributed by atoms with Crippen molar-refractivity contribution < 1.29 is 18.9 Å². The minimum Gasteiger partial charge on any atom is -0.324 e. The molecule has 2 N–H and O–H groups in total. The molecule has 7 nitrogen and oxygen atoms in total. The molecule has 1 aromatic heterocycles. The van der Waals surface area contributed by atoms with Crippen molar-refractivity contribution in [2.75, 3.05) is 10.6 Å². The van der Waals surface area contributed by atoms with E-state index >= 15 is 0 Å². The van der Waals surface area contributed by atoms with E-state index in [0.29, 0.717) is 0 Å². The maximum atomic E-state index is 13.5. The Morgan fingerprint density at radius 1 is 1.23 bits per heavy atom. The van der Waals surface area contributed by atoms with E-state index < -0.39 is 22.6 Å². The molecule has 2 aromatic rings. The zero-order valence-corrected chi connectivity index (χ0v) is 12.1. The number of amides is 2. The Labute approximate surface area is 127 Å². The van der Waals surface area contributed by atoms with E-state index in [2.05, 4.69) is 10.6 Å². The monoisotopic (exact) mass is 323 g/mol. The first-order valence-corrected chi connectivity index (χ1v) is 6.81. The zero-order valence-electron chi connectivity index (χ0n) is 11.3. The number of halogens is 1. The van der Waals surface area contributed by atoms with E-state index in [4.69, 9.17) is 0 Å². The Hall–Kier alpha value is -2.81. The highest BCUT2D eigenvalue weighted by Gasteiger charge is 2.16. The van der Waals surface area contributed by atoms with Gasteiger partial charge in [0.25, 0.3) is 5.91 Å². The topological polar surface area (TPSA) is 101 Å². The number of carbonyl (C=O) groups is 2. The number of nitrogens with zero attached hydrogens (tertiary/aromatic N) is 1. The van der Waals surface area contributed by atoms with E-state index in [1.165, 1.54) is 31.2 Å². The maximum absolute atomic E-state index is 13.5. The summed E-state index contributed by atoms with van der Waals surface area (Å²) in [4.78, 5) is 33.1. The molecule has 1 heterocycles. The highest BCUT2D eigenvalue weighted by atomic mass is 32.1. The first-order chi connectivity index (χ1) is 10.4. The van der Waals surface area contributed by atoms with Gasteiger partial charge < -0.3 is 10.6 Å². The van der Waals surface area contributed by atoms with Gasteiger partial charge in [-0.3, -0.25) is 19.7 Å². The Morgan fingerprint density at radius 3 is 2.55 bits per heavy atom. The molecule has 9 heteroatoms.